The molecule has 206 valence electrons. The van der Waals surface area contributed by atoms with Gasteiger partial charge in [0.2, 0.25) is 5.91 Å². The average Bonchev–Trinajstić information content (AvgIpc) is 2.92. The molecule has 0 bridgehead atoms. The fourth-order valence-electron chi connectivity index (χ4n) is 6.83. The van der Waals surface area contributed by atoms with Crippen LogP contribution in [0.3, 0.4) is 0 Å². The molecule has 2 aromatic carbocycles. The number of anilines is 1. The second kappa shape index (κ2) is 11.7. The van der Waals surface area contributed by atoms with Crippen molar-refractivity contribution in [3.05, 3.63) is 60.2 Å². The number of rotatable bonds is 8. The van der Waals surface area contributed by atoms with Crippen LogP contribution >= 0.6 is 0 Å². The minimum atomic E-state index is -0.711. The van der Waals surface area contributed by atoms with Crippen molar-refractivity contribution in [2.24, 2.45) is 22.7 Å². The standard InChI is InChI=1S/C30H40N2O6/c1-29-15-14-26(38-28(36)32-21-10-7-11-22(16-21)37-3)30(2,19-33)25(29)13-12-24(34)23(29)17-27(35)31-18-20-8-5-4-6-9-20/h4-11,16,23-26,33-34H,12-15,17-19H2,1-3H3,(H,31,35)(H,32,36)/t23-,24-,25+,26-,29+,30+/m1/s1. The number of aliphatic hydroxyl groups excluding tert-OH is 2. The molecule has 0 aliphatic heterocycles. The Morgan fingerprint density at radius 2 is 1.82 bits per heavy atom. The topological polar surface area (TPSA) is 117 Å². The lowest BCUT2D eigenvalue weighted by Gasteiger charge is -2.60. The first-order valence-corrected chi connectivity index (χ1v) is 13.4. The van der Waals surface area contributed by atoms with Crippen molar-refractivity contribution in [2.75, 3.05) is 19.0 Å². The van der Waals surface area contributed by atoms with E-state index in [0.717, 1.165) is 5.56 Å². The highest BCUT2D eigenvalue weighted by molar-refractivity contribution is 5.85. The highest BCUT2D eigenvalue weighted by atomic mass is 16.6. The van der Waals surface area contributed by atoms with Crippen molar-refractivity contribution in [2.45, 2.75) is 64.7 Å². The lowest BCUT2D eigenvalue weighted by atomic mass is 9.46. The Morgan fingerprint density at radius 3 is 2.53 bits per heavy atom. The van der Waals surface area contributed by atoms with Crippen LogP contribution in [0.25, 0.3) is 0 Å². The average molecular weight is 525 g/mol. The van der Waals surface area contributed by atoms with Gasteiger partial charge >= 0.3 is 6.09 Å². The summed E-state index contributed by atoms with van der Waals surface area (Å²) in [6, 6.07) is 16.8. The van der Waals surface area contributed by atoms with Crippen molar-refractivity contribution < 1.29 is 29.3 Å². The smallest absolute Gasteiger partial charge is 0.411 e. The second-order valence-corrected chi connectivity index (χ2v) is 11.2. The first-order chi connectivity index (χ1) is 18.2. The molecular weight excluding hydrogens is 484 g/mol. The molecule has 2 aliphatic rings. The maximum absolute atomic E-state index is 12.9. The van der Waals surface area contributed by atoms with E-state index >= 15 is 0 Å². The summed E-state index contributed by atoms with van der Waals surface area (Å²) in [5.41, 5.74) is 0.481. The van der Waals surface area contributed by atoms with Gasteiger partial charge in [-0.15, -0.1) is 0 Å². The van der Waals surface area contributed by atoms with Crippen LogP contribution in [0.1, 0.15) is 51.5 Å². The quantitative estimate of drug-likeness (QED) is 0.404. The Balaban J connectivity index is 1.45. The van der Waals surface area contributed by atoms with E-state index in [1.165, 1.54) is 0 Å². The minimum absolute atomic E-state index is 0.0290. The van der Waals surface area contributed by atoms with Gasteiger partial charge in [-0.25, -0.2) is 4.79 Å². The lowest BCUT2D eigenvalue weighted by molar-refractivity contribution is -0.185. The van der Waals surface area contributed by atoms with Gasteiger partial charge in [-0.1, -0.05) is 50.2 Å². The number of hydrogen-bond acceptors (Lipinski definition) is 6. The highest BCUT2D eigenvalue weighted by Crippen LogP contribution is 2.61. The van der Waals surface area contributed by atoms with Gasteiger partial charge in [0.05, 0.1) is 19.8 Å². The van der Waals surface area contributed by atoms with Crippen LogP contribution < -0.4 is 15.4 Å². The van der Waals surface area contributed by atoms with Crippen LogP contribution in [-0.2, 0) is 16.1 Å². The number of methoxy groups -OCH3 is 1. The zero-order valence-electron chi connectivity index (χ0n) is 22.5. The molecule has 2 fully saturated rings. The van der Waals surface area contributed by atoms with E-state index in [0.29, 0.717) is 43.7 Å². The highest BCUT2D eigenvalue weighted by Gasteiger charge is 2.60. The summed E-state index contributed by atoms with van der Waals surface area (Å²) in [5.74, 6) is 0.241. The number of amides is 2. The van der Waals surface area contributed by atoms with Crippen molar-refractivity contribution in [3.8, 4) is 5.75 Å². The molecule has 4 N–H and O–H groups in total. The molecule has 2 aliphatic carbocycles. The summed E-state index contributed by atoms with van der Waals surface area (Å²) < 4.78 is 11.1. The third-order valence-electron chi connectivity index (χ3n) is 8.98. The first kappa shape index (κ1) is 27.9. The molecule has 0 saturated heterocycles. The Kier molecular flexibility index (Phi) is 8.63. The molecule has 0 radical (unpaired) electrons. The van der Waals surface area contributed by atoms with Crippen LogP contribution in [0.5, 0.6) is 5.75 Å². The van der Waals surface area contributed by atoms with Gasteiger partial charge in [0.25, 0.3) is 0 Å². The zero-order valence-corrected chi connectivity index (χ0v) is 22.5. The number of ether oxygens (including phenoxy) is 2. The Bertz CT molecular complexity index is 1110. The van der Waals surface area contributed by atoms with Gasteiger partial charge in [0.15, 0.2) is 0 Å². The zero-order chi connectivity index (χ0) is 27.3. The predicted molar refractivity (Wildman–Crippen MR) is 145 cm³/mol. The molecule has 0 unspecified atom stereocenters. The fraction of sp³-hybridized carbons (Fsp3) is 0.533. The normalized spacial score (nSPS) is 30.6. The Labute approximate surface area is 224 Å². The van der Waals surface area contributed by atoms with E-state index < -0.39 is 23.7 Å². The van der Waals surface area contributed by atoms with Gasteiger partial charge in [-0.3, -0.25) is 10.1 Å². The molecule has 0 heterocycles. The molecule has 0 spiro atoms. The van der Waals surface area contributed by atoms with Gasteiger partial charge < -0.3 is 25.0 Å². The number of benzene rings is 2. The van der Waals surface area contributed by atoms with Gasteiger partial charge in [-0.05, 0) is 60.6 Å². The van der Waals surface area contributed by atoms with Crippen LogP contribution in [0.2, 0.25) is 0 Å². The summed E-state index contributed by atoms with van der Waals surface area (Å²) in [7, 11) is 1.56. The Hall–Kier alpha value is -3.10. The molecule has 2 saturated carbocycles. The number of fused-ring (bicyclic) bond motifs is 1. The lowest BCUT2D eigenvalue weighted by Crippen LogP contribution is -2.61. The van der Waals surface area contributed by atoms with Crippen molar-refractivity contribution in [1.29, 1.82) is 0 Å². The molecule has 4 rings (SSSR count). The molecule has 8 heteroatoms. The predicted octanol–water partition coefficient (Wildman–Crippen LogP) is 4.50. The monoisotopic (exact) mass is 524 g/mol. The third kappa shape index (κ3) is 5.81. The summed E-state index contributed by atoms with van der Waals surface area (Å²) in [6.45, 7) is 4.36. The van der Waals surface area contributed by atoms with Gasteiger partial charge in [0, 0.05) is 30.1 Å². The van der Waals surface area contributed by atoms with Crippen molar-refractivity contribution >= 4 is 17.7 Å². The Morgan fingerprint density at radius 1 is 1.05 bits per heavy atom. The van der Waals surface area contributed by atoms with Gasteiger partial charge in [0.1, 0.15) is 11.9 Å². The minimum Gasteiger partial charge on any atom is -0.497 e. The van der Waals surface area contributed by atoms with E-state index in [9.17, 15) is 19.8 Å². The number of hydrogen-bond donors (Lipinski definition) is 4. The van der Waals surface area contributed by atoms with Crippen LogP contribution in [-0.4, -0.2) is 48.1 Å². The van der Waals surface area contributed by atoms with Crippen LogP contribution in [0.15, 0.2) is 54.6 Å². The number of carbonyl (C=O) groups excluding carboxylic acids is 2. The number of nitrogens with one attached hydrogen (secondary N) is 2. The fourth-order valence-corrected chi connectivity index (χ4v) is 6.83. The molecule has 2 amide bonds. The van der Waals surface area contributed by atoms with E-state index in [-0.39, 0.29) is 36.2 Å². The summed E-state index contributed by atoms with van der Waals surface area (Å²) >= 11 is 0. The third-order valence-corrected chi connectivity index (χ3v) is 8.98. The van der Waals surface area contributed by atoms with E-state index in [4.69, 9.17) is 9.47 Å². The van der Waals surface area contributed by atoms with E-state index in [1.54, 1.807) is 31.4 Å². The number of carbonyl (C=O) groups is 2. The summed E-state index contributed by atoms with van der Waals surface area (Å²) in [4.78, 5) is 25.8. The SMILES string of the molecule is COc1cccc(NC(=O)O[C@@H]2CC[C@]3(C)[C@H](CC[C@@H](O)[C@H]3CC(=O)NCc3ccccc3)[C@]2(C)CO)c1. The van der Waals surface area contributed by atoms with Crippen molar-refractivity contribution in [3.63, 3.8) is 0 Å². The second-order valence-electron chi connectivity index (χ2n) is 11.2. The molecule has 6 atom stereocenters. The number of aliphatic hydroxyl groups is 2. The van der Waals surface area contributed by atoms with E-state index in [1.807, 2.05) is 37.3 Å². The van der Waals surface area contributed by atoms with Crippen LogP contribution in [0, 0.1) is 22.7 Å². The van der Waals surface area contributed by atoms with Crippen LogP contribution in [0.4, 0.5) is 10.5 Å². The largest absolute Gasteiger partial charge is 0.497 e. The molecule has 38 heavy (non-hydrogen) atoms. The van der Waals surface area contributed by atoms with Gasteiger partial charge in [-0.2, -0.15) is 0 Å². The molecule has 8 nitrogen and oxygen atoms in total. The molecular formula is C30H40N2O6. The summed E-state index contributed by atoms with van der Waals surface area (Å²) in [5, 5.41) is 27.4. The summed E-state index contributed by atoms with van der Waals surface area (Å²) in [6.07, 6.45) is 0.963. The molecule has 0 aromatic heterocycles. The van der Waals surface area contributed by atoms with E-state index in [2.05, 4.69) is 17.6 Å². The molecule has 2 aromatic rings. The maximum Gasteiger partial charge on any atom is 0.411 e. The first-order valence-electron chi connectivity index (χ1n) is 13.4. The van der Waals surface area contributed by atoms with Crippen molar-refractivity contribution in [1.82, 2.24) is 5.32 Å². The maximum atomic E-state index is 12.9.